The van der Waals surface area contributed by atoms with Gasteiger partial charge in [0.2, 0.25) is 40.1 Å². The number of benzene rings is 10. The molecular weight excluding hydrogens is 1930 g/mol. The molecule has 0 amide bonds. The molecule has 5 aliphatic rings. The van der Waals surface area contributed by atoms with Gasteiger partial charge in [0, 0.05) is 61.0 Å². The number of aryl methyl sites for hydroxylation is 5. The van der Waals surface area contributed by atoms with Crippen molar-refractivity contribution in [1.29, 1.82) is 0 Å². The average Bonchev–Trinajstić information content (AvgIpc) is 1.73. The predicted molar refractivity (Wildman–Crippen MR) is 495 cm³/mol. The van der Waals surface area contributed by atoms with Crippen molar-refractivity contribution in [3.8, 4) is 0 Å². The van der Waals surface area contributed by atoms with Crippen LogP contribution in [0, 0.1) is 0 Å². The van der Waals surface area contributed by atoms with Gasteiger partial charge in [0.15, 0.2) is 0 Å². The number of hydrogen-bond donors (Lipinski definition) is 3. The zero-order chi connectivity index (χ0) is 91.1. The third-order valence-corrected chi connectivity index (χ3v) is 32.7. The first-order valence-corrected chi connectivity index (χ1v) is 50.8. The van der Waals surface area contributed by atoms with Crippen molar-refractivity contribution in [2.24, 2.45) is 5.73 Å². The minimum atomic E-state index is -4.04. The molecule has 5 aliphatic carbocycles. The smallest absolute Gasteiger partial charge is 0.332 e. The van der Waals surface area contributed by atoms with Crippen LogP contribution in [0.2, 0.25) is 50.2 Å². The maximum atomic E-state index is 13.6. The van der Waals surface area contributed by atoms with E-state index in [1.165, 1.54) is 128 Å². The third-order valence-electron chi connectivity index (χ3n) is 20.7. The molecule has 37 heteroatoms. The van der Waals surface area contributed by atoms with Crippen LogP contribution in [0.15, 0.2) is 237 Å². The highest BCUT2D eigenvalue weighted by molar-refractivity contribution is 8.13. The van der Waals surface area contributed by atoms with E-state index in [1.54, 1.807) is 20.8 Å². The summed E-state index contributed by atoms with van der Waals surface area (Å²) in [7, 11) is -13.0. The number of carbonyl (C=O) groups is 2. The van der Waals surface area contributed by atoms with Crippen LogP contribution < -0.4 is 10.5 Å². The number of fused-ring (bicyclic) bond motifs is 5. The van der Waals surface area contributed by atoms with Crippen molar-refractivity contribution >= 4 is 188 Å². The fourth-order valence-corrected chi connectivity index (χ4v) is 25.9. The molecule has 125 heavy (non-hydrogen) atoms. The second-order valence-corrected chi connectivity index (χ2v) is 44.1. The first kappa shape index (κ1) is 101. The molecule has 0 bridgehead atoms. The van der Waals surface area contributed by atoms with Crippen LogP contribution in [-0.2, 0) is 105 Å². The van der Waals surface area contributed by atoms with E-state index in [1.807, 2.05) is 97.1 Å². The van der Waals surface area contributed by atoms with Gasteiger partial charge in [-0.15, -0.1) is 0 Å². The van der Waals surface area contributed by atoms with Gasteiger partial charge in [-0.05, 0) is 232 Å². The number of aliphatic hydroxyl groups excluding tert-OH is 1. The Labute approximate surface area is 784 Å². The van der Waals surface area contributed by atoms with Gasteiger partial charge in [-0.1, -0.05) is 237 Å². The van der Waals surface area contributed by atoms with Crippen LogP contribution in [0.1, 0.15) is 139 Å². The van der Waals surface area contributed by atoms with E-state index in [2.05, 4.69) is 29.0 Å². The second kappa shape index (κ2) is 44.6. The summed E-state index contributed by atoms with van der Waals surface area (Å²) < 4.78 is 149. The molecule has 0 heterocycles. The van der Waals surface area contributed by atoms with Crippen LogP contribution in [0.4, 0.5) is 0 Å². The van der Waals surface area contributed by atoms with E-state index < -0.39 is 79.3 Å². The van der Waals surface area contributed by atoms with Crippen molar-refractivity contribution in [2.75, 3.05) is 46.6 Å². The quantitative estimate of drug-likeness (QED) is 0.0323. The standard InChI is InChI=1S/C23H27Cl2NO5S.C18H17Cl2NO4S.C17H17Cl2NO3S.C15H13Cl2NO2S.C9H11N.C6H3Cl3O2S/c1-23(2,3)31-22(27)15-30-13-12-26(20-10-8-16-6-4-5-7-18(16)20)32(28,29)21-11-9-17(24)14-19(21)25;1-25-18(22)11-21(16-8-6-12-4-2-3-5-14(12)16)26(23,24)17-9-7-13(19)10-15(17)20;18-13-6-8-17(15(19)11-13)24(22,23)20(9-10-21)16-7-5-12-3-1-2-4-14(12)16;16-11-6-8-15(13(17)9-11)21(19,20)18-14-7-5-10-3-1-2-4-12(10)14;10-9-6-5-7-3-1-2-4-8(7)9;7-4-1-2-6(5(8)3-4)12(9,10)11/h4-7,9,11,14,20H,8,10,12-13,15H2,1-3H3;2-5,7,9-10,16H,6,8,11H2,1H3;1-4,6,8,11,16,21H,5,7,9-10H2;1-4,6,8-9,14,18H,5,7H2;1-4,9H,5-6,10H2;1-3H. The van der Waals surface area contributed by atoms with Crippen molar-refractivity contribution in [3.05, 3.63) is 318 Å². The summed E-state index contributed by atoms with van der Waals surface area (Å²) in [6.45, 7) is 4.51. The number of sulfonamides is 4. The normalized spacial score (nSPS) is 16.8. The summed E-state index contributed by atoms with van der Waals surface area (Å²) in [4.78, 5) is 23.7. The number of hydrogen-bond acceptors (Lipinski definition) is 17. The molecule has 21 nitrogen and oxygen atoms in total. The summed E-state index contributed by atoms with van der Waals surface area (Å²) in [5, 5.41) is 11.5. The number of carbonyl (C=O) groups excluding carboxylic acids is 2. The van der Waals surface area contributed by atoms with E-state index in [4.69, 9.17) is 147 Å². The van der Waals surface area contributed by atoms with Gasteiger partial charge in [0.05, 0.1) is 63.6 Å². The lowest BCUT2D eigenvalue weighted by Crippen LogP contribution is -2.38. The number of nitrogens with two attached hydrogens (primary N) is 1. The van der Waals surface area contributed by atoms with Crippen molar-refractivity contribution in [3.63, 3.8) is 0 Å². The molecule has 10 aromatic carbocycles. The van der Waals surface area contributed by atoms with Crippen LogP contribution >= 0.6 is 127 Å². The fourth-order valence-electron chi connectivity index (χ4n) is 15.0. The summed E-state index contributed by atoms with van der Waals surface area (Å²) in [6, 6.07) is 59.7. The van der Waals surface area contributed by atoms with Gasteiger partial charge in [-0.2, -0.15) is 12.9 Å². The van der Waals surface area contributed by atoms with Gasteiger partial charge in [-0.25, -0.2) is 51.6 Å². The Morgan fingerprint density at radius 1 is 0.416 bits per heavy atom. The van der Waals surface area contributed by atoms with Gasteiger partial charge in [0.1, 0.15) is 43.2 Å². The molecule has 0 saturated heterocycles. The van der Waals surface area contributed by atoms with Crippen molar-refractivity contribution < 1.29 is 71.0 Å². The lowest BCUT2D eigenvalue weighted by molar-refractivity contribution is -0.160. The van der Waals surface area contributed by atoms with E-state index >= 15 is 0 Å². The zero-order valence-corrected chi connectivity index (χ0v) is 80.0. The van der Waals surface area contributed by atoms with Crippen LogP contribution in [-0.4, -0.2) is 124 Å². The molecule has 0 radical (unpaired) electrons. The van der Waals surface area contributed by atoms with Crippen LogP contribution in [0.3, 0.4) is 0 Å². The third kappa shape index (κ3) is 26.4. The summed E-state index contributed by atoms with van der Waals surface area (Å²) in [6.07, 6.45) is 8.16. The zero-order valence-electron chi connectivity index (χ0n) is 67.6. The van der Waals surface area contributed by atoms with E-state index in [9.17, 15) is 56.8 Å². The largest absolute Gasteiger partial charge is 0.468 e. The highest BCUT2D eigenvalue weighted by Gasteiger charge is 2.42. The first-order valence-electron chi connectivity index (χ1n) is 38.9. The fraction of sp³-hybridized carbons (Fsp3) is 0.295. The molecular formula is C88H88Cl11N5O16S5. The summed E-state index contributed by atoms with van der Waals surface area (Å²) in [5.41, 5.74) is 16.4. The monoisotopic (exact) mass is 2020 g/mol. The number of nitrogens with one attached hydrogen (secondary N) is 1. The summed E-state index contributed by atoms with van der Waals surface area (Å²) in [5.74, 6) is -1.14. The highest BCUT2D eigenvalue weighted by atomic mass is 35.7. The topological polar surface area (TPSA) is 301 Å². The lowest BCUT2D eigenvalue weighted by Gasteiger charge is -2.29. The second-order valence-electron chi connectivity index (χ2n) is 30.0. The minimum Gasteiger partial charge on any atom is -0.468 e. The predicted octanol–water partition coefficient (Wildman–Crippen LogP) is 21.1. The van der Waals surface area contributed by atoms with E-state index in [-0.39, 0.29) is 101 Å². The SMILES string of the molecule is CC(C)(C)OC(=O)COCCN(C1CCc2ccccc21)S(=O)(=O)c1ccc(Cl)cc1Cl.COC(=O)CN(C1CCc2ccccc21)S(=O)(=O)c1ccc(Cl)cc1Cl.NC1CCc2ccccc21.O=S(=O)(Cl)c1ccc(Cl)cc1Cl.O=S(=O)(NC1CCc2ccccc21)c1ccc(Cl)cc1Cl.O=S(=O)(c1ccc(Cl)cc1Cl)N(CCO)C1CCc2ccccc21. The molecule has 668 valence electrons. The Bertz CT molecular complexity index is 6160. The number of ether oxygens (including phenoxy) is 3. The van der Waals surface area contributed by atoms with Gasteiger partial charge in [-0.3, -0.25) is 4.79 Å². The Morgan fingerprint density at radius 3 is 1.10 bits per heavy atom. The van der Waals surface area contributed by atoms with Crippen molar-refractivity contribution in [1.82, 2.24) is 17.6 Å². The lowest BCUT2D eigenvalue weighted by atomic mass is 10.1. The molecule has 0 spiro atoms. The molecule has 15 rings (SSSR count). The molecule has 10 aromatic rings. The van der Waals surface area contributed by atoms with Crippen molar-refractivity contribution in [2.45, 2.75) is 145 Å². The molecule has 0 fully saturated rings. The maximum absolute atomic E-state index is 13.6. The maximum Gasteiger partial charge on any atom is 0.332 e. The number of halogens is 11. The van der Waals surface area contributed by atoms with Gasteiger partial charge in [0.25, 0.3) is 9.05 Å². The van der Waals surface area contributed by atoms with Crippen LogP contribution in [0.5, 0.6) is 0 Å². The Balaban J connectivity index is 0.000000162. The number of rotatable bonds is 22. The molecule has 5 atom stereocenters. The number of methoxy groups -OCH3 is 1. The average molecular weight is 2020 g/mol. The van der Waals surface area contributed by atoms with Gasteiger partial charge < -0.3 is 25.1 Å². The highest BCUT2D eigenvalue weighted by Crippen LogP contribution is 2.45. The molecule has 0 aromatic heterocycles. The Morgan fingerprint density at radius 2 is 0.736 bits per heavy atom. The number of aliphatic hydroxyl groups is 1. The Kier molecular flexibility index (Phi) is 36.0. The molecule has 0 aliphatic heterocycles. The molecule has 5 unspecified atom stereocenters. The molecule has 0 saturated carbocycles. The number of nitrogens with zero attached hydrogens (tertiary/aromatic N) is 3. The first-order chi connectivity index (χ1) is 59.0. The minimum absolute atomic E-state index is 0.00592. The van der Waals surface area contributed by atoms with Gasteiger partial charge >= 0.3 is 11.9 Å². The number of esters is 2. The summed E-state index contributed by atoms with van der Waals surface area (Å²) >= 11 is 59.1. The van der Waals surface area contributed by atoms with E-state index in [0.29, 0.717) is 50.4 Å². The molecule has 4 N–H and O–H groups in total. The van der Waals surface area contributed by atoms with Crippen LogP contribution in [0.25, 0.3) is 0 Å². The Hall–Kier alpha value is -6.20. The van der Waals surface area contributed by atoms with E-state index in [0.717, 1.165) is 83.9 Å².